The normalized spacial score (nSPS) is 12.6. The topological polar surface area (TPSA) is 75.8 Å². The molecule has 0 atom stereocenters. The molecular formula is C10H24N2O3Si. The number of nitrogens with two attached hydrogens (primary N) is 1. The van der Waals surface area contributed by atoms with Crippen LogP contribution in [0.15, 0.2) is 0 Å². The van der Waals surface area contributed by atoms with Crippen LogP contribution >= 0.6 is 0 Å². The smallest absolute Gasteiger partial charge is 0.421 e. The number of carbonyl (C=O) groups is 1. The second kappa shape index (κ2) is 5.65. The van der Waals surface area contributed by atoms with Crippen LogP contribution in [0.1, 0.15) is 27.2 Å². The molecule has 16 heavy (non-hydrogen) atoms. The molecule has 0 bridgehead atoms. The first kappa shape index (κ1) is 15.4. The Morgan fingerprint density at radius 1 is 1.44 bits per heavy atom. The highest BCUT2D eigenvalue weighted by molar-refractivity contribution is 6.74. The quantitative estimate of drug-likeness (QED) is 0.257. The summed E-state index contributed by atoms with van der Waals surface area (Å²) < 4.78 is 5.89. The Labute approximate surface area is 98.7 Å². The van der Waals surface area contributed by atoms with Crippen LogP contribution in [0.3, 0.4) is 0 Å². The Kier molecular flexibility index (Phi) is 5.44. The highest BCUT2D eigenvalue weighted by Gasteiger charge is 2.36. The summed E-state index contributed by atoms with van der Waals surface area (Å²) in [5, 5.41) is 9.51. The van der Waals surface area contributed by atoms with Gasteiger partial charge in [0, 0.05) is 13.2 Å². The van der Waals surface area contributed by atoms with E-state index in [4.69, 9.17) is 15.4 Å². The van der Waals surface area contributed by atoms with Gasteiger partial charge in [0.25, 0.3) is 0 Å². The molecule has 0 aliphatic carbocycles. The molecule has 0 aromatic carbocycles. The Balaban J connectivity index is 3.87. The molecule has 1 amide bonds. The van der Waals surface area contributed by atoms with Crippen LogP contribution in [-0.4, -0.2) is 37.7 Å². The summed E-state index contributed by atoms with van der Waals surface area (Å²) in [5.74, 6) is 5.24. The van der Waals surface area contributed by atoms with Crippen molar-refractivity contribution in [1.29, 1.82) is 0 Å². The maximum atomic E-state index is 10.4. The van der Waals surface area contributed by atoms with Crippen molar-refractivity contribution in [2.75, 3.05) is 13.2 Å². The van der Waals surface area contributed by atoms with Crippen molar-refractivity contribution in [1.82, 2.24) is 5.01 Å². The van der Waals surface area contributed by atoms with E-state index >= 15 is 0 Å². The van der Waals surface area contributed by atoms with E-state index in [1.54, 1.807) is 0 Å². The lowest BCUT2D eigenvalue weighted by atomic mass is 10.2. The van der Waals surface area contributed by atoms with Crippen molar-refractivity contribution >= 4 is 14.4 Å². The van der Waals surface area contributed by atoms with Crippen LogP contribution in [-0.2, 0) is 4.43 Å². The van der Waals surface area contributed by atoms with E-state index < -0.39 is 14.4 Å². The average molecular weight is 248 g/mol. The molecule has 0 aromatic rings. The molecule has 0 saturated heterocycles. The zero-order valence-electron chi connectivity index (χ0n) is 10.9. The fourth-order valence-electron chi connectivity index (χ4n) is 0.874. The Hall–Kier alpha value is -0.593. The molecule has 0 saturated carbocycles. The molecule has 0 radical (unpaired) electrons. The number of rotatable bonds is 5. The van der Waals surface area contributed by atoms with Crippen molar-refractivity contribution in [3.63, 3.8) is 0 Å². The van der Waals surface area contributed by atoms with Crippen LogP contribution < -0.4 is 5.84 Å². The molecule has 0 heterocycles. The fourth-order valence-corrected chi connectivity index (χ4v) is 1.96. The van der Waals surface area contributed by atoms with Gasteiger partial charge in [-0.05, 0) is 24.6 Å². The molecule has 0 rings (SSSR count). The van der Waals surface area contributed by atoms with E-state index in [0.29, 0.717) is 19.6 Å². The molecule has 5 nitrogen and oxygen atoms in total. The van der Waals surface area contributed by atoms with Crippen LogP contribution in [0.5, 0.6) is 0 Å². The fraction of sp³-hybridized carbons (Fsp3) is 0.900. The molecule has 3 N–H and O–H groups in total. The van der Waals surface area contributed by atoms with Crippen molar-refractivity contribution < 1.29 is 14.3 Å². The molecule has 0 unspecified atom stereocenters. The first-order valence-electron chi connectivity index (χ1n) is 5.47. The van der Waals surface area contributed by atoms with Gasteiger partial charge in [-0.2, -0.15) is 0 Å². The second-order valence-corrected chi connectivity index (χ2v) is 10.2. The van der Waals surface area contributed by atoms with E-state index in [-0.39, 0.29) is 5.04 Å². The summed E-state index contributed by atoms with van der Waals surface area (Å²) in [6.45, 7) is 11.7. The minimum atomic E-state index is -1.71. The van der Waals surface area contributed by atoms with Gasteiger partial charge in [-0.3, -0.25) is 0 Å². The standard InChI is InChI=1S/C10H24N2O3Si/c1-10(2,3)16(4,5)15-8-6-7-12(11)9(13)14/h6-8,11H2,1-5H3,(H,13,14). The highest BCUT2D eigenvalue weighted by Crippen LogP contribution is 2.36. The minimum absolute atomic E-state index is 0.183. The van der Waals surface area contributed by atoms with Gasteiger partial charge >= 0.3 is 6.09 Å². The van der Waals surface area contributed by atoms with E-state index in [9.17, 15) is 4.79 Å². The van der Waals surface area contributed by atoms with Gasteiger partial charge in [0.05, 0.1) is 0 Å². The third kappa shape index (κ3) is 4.96. The van der Waals surface area contributed by atoms with E-state index in [1.165, 1.54) is 0 Å². The SMILES string of the molecule is CC(C)(C)[Si](C)(C)OCCCN(N)C(=O)O. The molecule has 0 fully saturated rings. The third-order valence-electron chi connectivity index (χ3n) is 3.06. The summed E-state index contributed by atoms with van der Waals surface area (Å²) >= 11 is 0. The summed E-state index contributed by atoms with van der Waals surface area (Å²) in [6, 6.07) is 0. The summed E-state index contributed by atoms with van der Waals surface area (Å²) in [6.07, 6.45) is -0.470. The number of amides is 1. The Morgan fingerprint density at radius 3 is 2.31 bits per heavy atom. The molecule has 96 valence electrons. The Bertz CT molecular complexity index is 239. The van der Waals surface area contributed by atoms with Crippen LogP contribution in [0.4, 0.5) is 4.79 Å². The molecule has 0 spiro atoms. The molecule has 0 aromatic heterocycles. The van der Waals surface area contributed by atoms with E-state index in [1.807, 2.05) is 0 Å². The predicted octanol–water partition coefficient (Wildman–Crippen LogP) is 2.25. The maximum Gasteiger partial charge on any atom is 0.421 e. The van der Waals surface area contributed by atoms with Gasteiger partial charge in [0.2, 0.25) is 0 Å². The molecule has 0 aliphatic heterocycles. The molecular weight excluding hydrogens is 224 g/mol. The average Bonchev–Trinajstić information content (AvgIpc) is 2.09. The van der Waals surface area contributed by atoms with E-state index in [0.717, 1.165) is 5.01 Å². The summed E-state index contributed by atoms with van der Waals surface area (Å²) in [4.78, 5) is 10.4. The lowest BCUT2D eigenvalue weighted by Gasteiger charge is -2.36. The number of hydrogen-bond acceptors (Lipinski definition) is 3. The summed E-state index contributed by atoms with van der Waals surface area (Å²) in [5.41, 5.74) is 0. The number of hydrazine groups is 1. The largest absolute Gasteiger partial charge is 0.464 e. The van der Waals surface area contributed by atoms with Crippen LogP contribution in [0.25, 0.3) is 0 Å². The lowest BCUT2D eigenvalue weighted by molar-refractivity contribution is 0.141. The van der Waals surface area contributed by atoms with E-state index in [2.05, 4.69) is 33.9 Å². The van der Waals surface area contributed by atoms with Crippen LogP contribution in [0.2, 0.25) is 18.1 Å². The first-order chi connectivity index (χ1) is 7.08. The number of hydrogen-bond donors (Lipinski definition) is 2. The molecule has 0 aliphatic rings. The van der Waals surface area contributed by atoms with Gasteiger partial charge < -0.3 is 9.53 Å². The van der Waals surface area contributed by atoms with Gasteiger partial charge in [0.1, 0.15) is 0 Å². The minimum Gasteiger partial charge on any atom is -0.464 e. The van der Waals surface area contributed by atoms with Crippen molar-refractivity contribution in [2.45, 2.75) is 45.3 Å². The van der Waals surface area contributed by atoms with Gasteiger partial charge in [-0.15, -0.1) is 0 Å². The summed E-state index contributed by atoms with van der Waals surface area (Å²) in [7, 11) is -1.71. The van der Waals surface area contributed by atoms with Crippen molar-refractivity contribution in [3.8, 4) is 0 Å². The van der Waals surface area contributed by atoms with Gasteiger partial charge in [-0.25, -0.2) is 15.6 Å². The predicted molar refractivity (Wildman–Crippen MR) is 66.7 cm³/mol. The highest BCUT2D eigenvalue weighted by atomic mass is 28.4. The first-order valence-corrected chi connectivity index (χ1v) is 8.38. The monoisotopic (exact) mass is 248 g/mol. The van der Waals surface area contributed by atoms with Gasteiger partial charge in [-0.1, -0.05) is 20.8 Å². The third-order valence-corrected chi connectivity index (χ3v) is 7.60. The zero-order chi connectivity index (χ0) is 13.0. The molecule has 6 heteroatoms. The van der Waals surface area contributed by atoms with Crippen molar-refractivity contribution in [3.05, 3.63) is 0 Å². The second-order valence-electron chi connectivity index (χ2n) is 5.44. The zero-order valence-corrected chi connectivity index (χ0v) is 11.9. The van der Waals surface area contributed by atoms with Crippen molar-refractivity contribution in [2.24, 2.45) is 5.84 Å². The Morgan fingerprint density at radius 2 is 1.94 bits per heavy atom. The van der Waals surface area contributed by atoms with Crippen LogP contribution in [0, 0.1) is 0 Å². The maximum absolute atomic E-state index is 10.4. The number of carboxylic acid groups (broad SMARTS) is 1. The number of nitrogens with zero attached hydrogens (tertiary/aromatic N) is 1. The van der Waals surface area contributed by atoms with Gasteiger partial charge in [0.15, 0.2) is 8.32 Å². The lowest BCUT2D eigenvalue weighted by Crippen LogP contribution is -2.42.